The second kappa shape index (κ2) is 6.49. The fraction of sp³-hybridized carbons (Fsp3) is 0.529. The van der Waals surface area contributed by atoms with Crippen molar-refractivity contribution in [2.24, 2.45) is 0 Å². The van der Waals surface area contributed by atoms with Crippen LogP contribution in [-0.4, -0.2) is 64.8 Å². The molecule has 0 aromatic heterocycles. The first-order valence-electron chi connectivity index (χ1n) is 8.15. The molecule has 7 heteroatoms. The average Bonchev–Trinajstić information content (AvgIpc) is 2.95. The summed E-state index contributed by atoms with van der Waals surface area (Å²) in [7, 11) is 0. The third-order valence-electron chi connectivity index (χ3n) is 4.94. The van der Waals surface area contributed by atoms with Crippen molar-refractivity contribution in [2.45, 2.75) is 31.5 Å². The van der Waals surface area contributed by atoms with Gasteiger partial charge in [0.15, 0.2) is 6.04 Å². The van der Waals surface area contributed by atoms with E-state index in [0.717, 1.165) is 19.6 Å². The summed E-state index contributed by atoms with van der Waals surface area (Å²) >= 11 is 0. The number of carbonyl (C=O) groups excluding carboxylic acids is 1. The highest BCUT2D eigenvalue weighted by Gasteiger charge is 2.53. The highest BCUT2D eigenvalue weighted by atomic mass is 19.1. The van der Waals surface area contributed by atoms with Gasteiger partial charge in [-0.1, -0.05) is 6.92 Å². The van der Waals surface area contributed by atoms with Crippen LogP contribution in [0.15, 0.2) is 24.3 Å². The van der Waals surface area contributed by atoms with Crippen molar-refractivity contribution in [1.29, 1.82) is 0 Å². The quantitative estimate of drug-likeness (QED) is 0.907. The number of aliphatic carboxylic acids is 1. The Labute approximate surface area is 139 Å². The Hall–Kier alpha value is -1.99. The lowest BCUT2D eigenvalue weighted by Crippen LogP contribution is -2.58. The van der Waals surface area contributed by atoms with Gasteiger partial charge in [-0.2, -0.15) is 0 Å². The fourth-order valence-corrected chi connectivity index (χ4v) is 3.51. The van der Waals surface area contributed by atoms with Gasteiger partial charge in [-0.05, 0) is 30.8 Å². The summed E-state index contributed by atoms with van der Waals surface area (Å²) in [5, 5.41) is 9.49. The van der Waals surface area contributed by atoms with E-state index in [1.807, 2.05) is 0 Å². The Morgan fingerprint density at radius 1 is 1.29 bits per heavy atom. The average molecular weight is 336 g/mol. The zero-order chi connectivity index (χ0) is 17.3. The Balaban J connectivity index is 1.91. The SMILES string of the molecule is CCN1CCC2(CC1)OC[C@@H](C(=O)O)N2C(=O)c1ccc(F)cc1. The number of likely N-dealkylation sites (tertiary alicyclic amines) is 1. The number of rotatable bonds is 3. The minimum absolute atomic E-state index is 0.0195. The number of carbonyl (C=O) groups is 2. The second-order valence-corrected chi connectivity index (χ2v) is 6.23. The number of benzene rings is 1. The number of carboxylic acids is 1. The molecule has 1 aromatic rings. The number of ether oxygens (including phenoxy) is 1. The Morgan fingerprint density at radius 2 is 1.92 bits per heavy atom. The maximum absolute atomic E-state index is 13.1. The lowest BCUT2D eigenvalue weighted by atomic mass is 9.96. The van der Waals surface area contributed by atoms with Gasteiger partial charge >= 0.3 is 5.97 Å². The topological polar surface area (TPSA) is 70.1 Å². The van der Waals surface area contributed by atoms with Crippen LogP contribution in [0.3, 0.4) is 0 Å². The summed E-state index contributed by atoms with van der Waals surface area (Å²) in [6.07, 6.45) is 1.13. The summed E-state index contributed by atoms with van der Waals surface area (Å²) in [5.41, 5.74) is -0.620. The molecule has 2 aliphatic heterocycles. The predicted octanol–water partition coefficient (Wildman–Crippen LogP) is 1.56. The molecule has 0 radical (unpaired) electrons. The molecule has 1 N–H and O–H groups in total. The van der Waals surface area contributed by atoms with Gasteiger partial charge in [0.25, 0.3) is 5.91 Å². The van der Waals surface area contributed by atoms with Crippen molar-refractivity contribution in [2.75, 3.05) is 26.2 Å². The van der Waals surface area contributed by atoms with Crippen LogP contribution in [0.5, 0.6) is 0 Å². The van der Waals surface area contributed by atoms with Gasteiger partial charge in [0.1, 0.15) is 11.5 Å². The minimum atomic E-state index is -1.08. The van der Waals surface area contributed by atoms with Crippen molar-refractivity contribution in [1.82, 2.24) is 9.80 Å². The fourth-order valence-electron chi connectivity index (χ4n) is 3.51. The van der Waals surface area contributed by atoms with Crippen molar-refractivity contribution in [3.8, 4) is 0 Å². The summed E-state index contributed by atoms with van der Waals surface area (Å²) in [4.78, 5) is 28.1. The summed E-state index contributed by atoms with van der Waals surface area (Å²) in [6, 6.07) is 4.14. The molecule has 0 saturated carbocycles. The number of piperidine rings is 1. The van der Waals surface area contributed by atoms with E-state index in [0.29, 0.717) is 12.8 Å². The summed E-state index contributed by atoms with van der Waals surface area (Å²) in [6.45, 7) is 4.44. The number of carboxylic acid groups (broad SMARTS) is 1. The van der Waals surface area contributed by atoms with Gasteiger partial charge < -0.3 is 14.7 Å². The van der Waals surface area contributed by atoms with Crippen LogP contribution in [0.1, 0.15) is 30.1 Å². The number of nitrogens with zero attached hydrogens (tertiary/aromatic N) is 2. The van der Waals surface area contributed by atoms with Crippen molar-refractivity contribution < 1.29 is 23.8 Å². The molecular formula is C17H21FN2O4. The molecule has 0 unspecified atom stereocenters. The maximum Gasteiger partial charge on any atom is 0.328 e. The summed E-state index contributed by atoms with van der Waals surface area (Å²) in [5.74, 6) is -1.95. The van der Waals surface area contributed by atoms with Crippen molar-refractivity contribution in [3.05, 3.63) is 35.6 Å². The van der Waals surface area contributed by atoms with Gasteiger partial charge in [-0.3, -0.25) is 9.69 Å². The lowest BCUT2D eigenvalue weighted by Gasteiger charge is -2.44. The van der Waals surface area contributed by atoms with Gasteiger partial charge in [0.2, 0.25) is 0 Å². The Kier molecular flexibility index (Phi) is 4.56. The van der Waals surface area contributed by atoms with E-state index in [-0.39, 0.29) is 12.2 Å². The largest absolute Gasteiger partial charge is 0.480 e. The first-order chi connectivity index (χ1) is 11.5. The minimum Gasteiger partial charge on any atom is -0.480 e. The van der Waals surface area contributed by atoms with Crippen LogP contribution in [-0.2, 0) is 9.53 Å². The van der Waals surface area contributed by atoms with Crippen LogP contribution >= 0.6 is 0 Å². The number of halogens is 1. The van der Waals surface area contributed by atoms with Crippen LogP contribution in [0.25, 0.3) is 0 Å². The molecule has 2 heterocycles. The predicted molar refractivity (Wildman–Crippen MR) is 84.0 cm³/mol. The van der Waals surface area contributed by atoms with Crippen LogP contribution in [0.4, 0.5) is 4.39 Å². The second-order valence-electron chi connectivity index (χ2n) is 6.23. The first-order valence-corrected chi connectivity index (χ1v) is 8.15. The van der Waals surface area contributed by atoms with Gasteiger partial charge in [-0.15, -0.1) is 0 Å². The molecule has 24 heavy (non-hydrogen) atoms. The smallest absolute Gasteiger partial charge is 0.328 e. The highest BCUT2D eigenvalue weighted by molar-refractivity contribution is 5.97. The zero-order valence-corrected chi connectivity index (χ0v) is 13.6. The molecule has 0 aliphatic carbocycles. The molecule has 2 saturated heterocycles. The monoisotopic (exact) mass is 336 g/mol. The normalized spacial score (nSPS) is 23.6. The number of hydrogen-bond acceptors (Lipinski definition) is 4. The molecule has 2 fully saturated rings. The molecule has 1 aromatic carbocycles. The van der Waals surface area contributed by atoms with E-state index < -0.39 is 29.5 Å². The summed E-state index contributed by atoms with van der Waals surface area (Å²) < 4.78 is 19.0. The van der Waals surface area contributed by atoms with Gasteiger partial charge in [0, 0.05) is 31.5 Å². The van der Waals surface area contributed by atoms with Gasteiger partial charge in [0.05, 0.1) is 6.61 Å². The molecule has 1 atom stereocenters. The van der Waals surface area contributed by atoms with E-state index in [4.69, 9.17) is 4.74 Å². The molecule has 3 rings (SSSR count). The maximum atomic E-state index is 13.1. The van der Waals surface area contributed by atoms with Crippen molar-refractivity contribution >= 4 is 11.9 Å². The van der Waals surface area contributed by atoms with Crippen LogP contribution in [0, 0.1) is 5.82 Å². The molecule has 0 bridgehead atoms. The number of amides is 1. The lowest BCUT2D eigenvalue weighted by molar-refractivity contribution is -0.143. The first kappa shape index (κ1) is 16.9. The third-order valence-corrected chi connectivity index (χ3v) is 4.94. The molecule has 2 aliphatic rings. The molecule has 6 nitrogen and oxygen atoms in total. The Bertz CT molecular complexity index is 626. The van der Waals surface area contributed by atoms with Crippen LogP contribution in [0.2, 0.25) is 0 Å². The zero-order valence-electron chi connectivity index (χ0n) is 13.6. The van der Waals surface area contributed by atoms with E-state index in [2.05, 4.69) is 11.8 Å². The number of hydrogen-bond donors (Lipinski definition) is 1. The molecular weight excluding hydrogens is 315 g/mol. The Morgan fingerprint density at radius 3 is 2.46 bits per heavy atom. The van der Waals surface area contributed by atoms with Crippen LogP contribution < -0.4 is 0 Å². The highest BCUT2D eigenvalue weighted by Crippen LogP contribution is 2.38. The van der Waals surface area contributed by atoms with Crippen molar-refractivity contribution in [3.63, 3.8) is 0 Å². The van der Waals surface area contributed by atoms with E-state index in [1.165, 1.54) is 29.2 Å². The molecule has 1 amide bonds. The standard InChI is InChI=1S/C17H21FN2O4/c1-2-19-9-7-17(8-10-19)20(14(11-24-17)16(22)23)15(21)12-3-5-13(18)6-4-12/h3-6,14H,2,7-11H2,1H3,(H,22,23)/t14-/m0/s1. The molecule has 130 valence electrons. The van der Waals surface area contributed by atoms with Gasteiger partial charge in [-0.25, -0.2) is 9.18 Å². The molecule has 1 spiro atoms. The van der Waals surface area contributed by atoms with E-state index in [1.54, 1.807) is 0 Å². The van der Waals surface area contributed by atoms with E-state index in [9.17, 15) is 19.1 Å². The third kappa shape index (κ3) is 2.89. The van der Waals surface area contributed by atoms with E-state index >= 15 is 0 Å².